The minimum absolute atomic E-state index is 0.0392. The van der Waals surface area contributed by atoms with E-state index >= 15 is 0 Å². The van der Waals surface area contributed by atoms with Gasteiger partial charge in [-0.2, -0.15) is 0 Å². The van der Waals surface area contributed by atoms with Gasteiger partial charge in [-0.3, -0.25) is 0 Å². The standard InChI is InChI=1S/C20H20N2O3/c1-12-13(2)22-11-16(20(23)24-3)15-9-10-17(14-7-5-4-6-8-14)25-18(15)19(22)21-12/h4-8,11,17H,9-10H2,1-3H3. The first-order valence-corrected chi connectivity index (χ1v) is 8.41. The van der Waals surface area contributed by atoms with Gasteiger partial charge in [-0.15, -0.1) is 0 Å². The molecule has 0 bridgehead atoms. The van der Waals surface area contributed by atoms with Gasteiger partial charge in [0.1, 0.15) is 6.10 Å². The highest BCUT2D eigenvalue weighted by atomic mass is 16.5. The lowest BCUT2D eigenvalue weighted by Crippen LogP contribution is -2.20. The van der Waals surface area contributed by atoms with E-state index in [1.54, 1.807) is 0 Å². The van der Waals surface area contributed by atoms with Gasteiger partial charge in [0.2, 0.25) is 0 Å². The highest BCUT2D eigenvalue weighted by Crippen LogP contribution is 2.40. The summed E-state index contributed by atoms with van der Waals surface area (Å²) in [4.78, 5) is 17.0. The van der Waals surface area contributed by atoms with Gasteiger partial charge in [0, 0.05) is 17.5 Å². The Labute approximate surface area is 146 Å². The predicted octanol–water partition coefficient (Wildman–Crippen LogP) is 3.80. The van der Waals surface area contributed by atoms with Crippen molar-refractivity contribution in [3.05, 3.63) is 64.6 Å². The highest BCUT2D eigenvalue weighted by Gasteiger charge is 2.29. The molecule has 1 aromatic carbocycles. The lowest BCUT2D eigenvalue weighted by molar-refractivity contribution is 0.0596. The number of carbonyl (C=O) groups excluding carboxylic acids is 1. The number of aromatic nitrogens is 2. The zero-order valence-corrected chi connectivity index (χ0v) is 14.6. The van der Waals surface area contributed by atoms with E-state index in [2.05, 4.69) is 17.1 Å². The van der Waals surface area contributed by atoms with Crippen molar-refractivity contribution in [3.8, 4) is 5.75 Å². The van der Waals surface area contributed by atoms with Crippen molar-refractivity contribution in [2.24, 2.45) is 0 Å². The maximum atomic E-state index is 12.3. The largest absolute Gasteiger partial charge is 0.481 e. The minimum Gasteiger partial charge on any atom is -0.481 e. The minimum atomic E-state index is -0.342. The average Bonchev–Trinajstić information content (AvgIpc) is 2.95. The summed E-state index contributed by atoms with van der Waals surface area (Å²) in [7, 11) is 1.40. The molecule has 1 unspecified atom stereocenters. The molecule has 0 N–H and O–H groups in total. The van der Waals surface area contributed by atoms with Gasteiger partial charge in [-0.25, -0.2) is 9.78 Å². The number of pyridine rings is 1. The van der Waals surface area contributed by atoms with Crippen LogP contribution in [0, 0.1) is 13.8 Å². The van der Waals surface area contributed by atoms with Gasteiger partial charge in [0.25, 0.3) is 0 Å². The van der Waals surface area contributed by atoms with Crippen LogP contribution in [0.1, 0.15) is 45.4 Å². The third-order valence-electron chi connectivity index (χ3n) is 4.94. The first kappa shape index (κ1) is 15.7. The Morgan fingerprint density at radius 3 is 2.76 bits per heavy atom. The summed E-state index contributed by atoms with van der Waals surface area (Å²) >= 11 is 0. The van der Waals surface area contributed by atoms with E-state index in [9.17, 15) is 4.79 Å². The van der Waals surface area contributed by atoms with Crippen molar-refractivity contribution in [2.75, 3.05) is 7.11 Å². The number of hydrogen-bond acceptors (Lipinski definition) is 4. The van der Waals surface area contributed by atoms with Gasteiger partial charge in [-0.05, 0) is 32.3 Å². The smallest absolute Gasteiger partial charge is 0.339 e. The summed E-state index contributed by atoms with van der Waals surface area (Å²) in [6.07, 6.45) is 3.35. The Bertz CT molecular complexity index is 960. The molecule has 128 valence electrons. The third-order valence-corrected chi connectivity index (χ3v) is 4.94. The summed E-state index contributed by atoms with van der Waals surface area (Å²) in [5, 5.41) is 0. The van der Waals surface area contributed by atoms with Crippen LogP contribution in [0.3, 0.4) is 0 Å². The molecule has 4 rings (SSSR count). The third kappa shape index (κ3) is 2.47. The summed E-state index contributed by atoms with van der Waals surface area (Å²) in [5.41, 5.74) is 5.25. The van der Waals surface area contributed by atoms with Gasteiger partial charge in [0.15, 0.2) is 11.4 Å². The molecule has 5 heteroatoms. The van der Waals surface area contributed by atoms with Crippen LogP contribution in [0.5, 0.6) is 5.75 Å². The van der Waals surface area contributed by atoms with Crippen molar-refractivity contribution in [1.29, 1.82) is 0 Å². The summed E-state index contributed by atoms with van der Waals surface area (Å²) in [6, 6.07) is 10.2. The van der Waals surface area contributed by atoms with Crippen molar-refractivity contribution in [2.45, 2.75) is 32.8 Å². The number of fused-ring (bicyclic) bond motifs is 3. The van der Waals surface area contributed by atoms with Gasteiger partial charge in [-0.1, -0.05) is 30.3 Å². The molecule has 0 fully saturated rings. The number of esters is 1. The Kier molecular flexibility index (Phi) is 3.71. The predicted molar refractivity (Wildman–Crippen MR) is 94.1 cm³/mol. The van der Waals surface area contributed by atoms with E-state index < -0.39 is 0 Å². The van der Waals surface area contributed by atoms with Crippen LogP contribution in [0.2, 0.25) is 0 Å². The van der Waals surface area contributed by atoms with E-state index in [0.29, 0.717) is 11.3 Å². The topological polar surface area (TPSA) is 52.8 Å². The summed E-state index contributed by atoms with van der Waals surface area (Å²) < 4.78 is 13.2. The molecule has 1 aliphatic rings. The molecule has 0 amide bonds. The van der Waals surface area contributed by atoms with Crippen LogP contribution in [0.25, 0.3) is 5.65 Å². The molecule has 0 saturated carbocycles. The second kappa shape index (κ2) is 5.92. The average molecular weight is 336 g/mol. The number of imidazole rings is 1. The van der Waals surface area contributed by atoms with Crippen LogP contribution >= 0.6 is 0 Å². The summed E-state index contributed by atoms with van der Waals surface area (Å²) in [5.74, 6) is 0.352. The normalized spacial score (nSPS) is 16.4. The number of rotatable bonds is 2. The van der Waals surface area contributed by atoms with Crippen molar-refractivity contribution in [1.82, 2.24) is 9.38 Å². The molecule has 3 aromatic rings. The van der Waals surface area contributed by atoms with Crippen LogP contribution in [-0.2, 0) is 11.2 Å². The molecular weight excluding hydrogens is 316 g/mol. The maximum Gasteiger partial charge on any atom is 0.339 e. The fraction of sp³-hybridized carbons (Fsp3) is 0.300. The zero-order chi connectivity index (χ0) is 17.6. The fourth-order valence-corrected chi connectivity index (χ4v) is 3.45. The number of ether oxygens (including phenoxy) is 2. The molecule has 3 heterocycles. The summed E-state index contributed by atoms with van der Waals surface area (Å²) in [6.45, 7) is 3.95. The number of hydrogen-bond donors (Lipinski definition) is 0. The second-order valence-electron chi connectivity index (χ2n) is 6.37. The van der Waals surface area contributed by atoms with Crippen LogP contribution in [0.15, 0.2) is 36.5 Å². The molecule has 2 aromatic heterocycles. The van der Waals surface area contributed by atoms with E-state index in [4.69, 9.17) is 9.47 Å². The lowest BCUT2D eigenvalue weighted by atomic mass is 9.95. The zero-order valence-electron chi connectivity index (χ0n) is 14.6. The monoisotopic (exact) mass is 336 g/mol. The Morgan fingerprint density at radius 2 is 2.04 bits per heavy atom. The SMILES string of the molecule is COC(=O)c1cn2c(C)c(C)nc2c2c1CCC(c1ccccc1)O2. The van der Waals surface area contributed by atoms with E-state index in [-0.39, 0.29) is 12.1 Å². The number of benzene rings is 1. The maximum absolute atomic E-state index is 12.3. The van der Waals surface area contributed by atoms with Gasteiger partial charge >= 0.3 is 5.97 Å². The van der Waals surface area contributed by atoms with Crippen LogP contribution < -0.4 is 4.74 Å². The Morgan fingerprint density at radius 1 is 1.28 bits per heavy atom. The Balaban J connectivity index is 1.90. The molecule has 0 saturated heterocycles. The number of aryl methyl sites for hydroxylation is 2. The van der Waals surface area contributed by atoms with Crippen LogP contribution in [0.4, 0.5) is 0 Å². The molecule has 5 nitrogen and oxygen atoms in total. The van der Waals surface area contributed by atoms with Crippen molar-refractivity contribution < 1.29 is 14.3 Å². The molecule has 0 aliphatic carbocycles. The number of nitrogens with zero attached hydrogens (tertiary/aromatic N) is 2. The quantitative estimate of drug-likeness (QED) is 0.668. The molecule has 1 aliphatic heterocycles. The van der Waals surface area contributed by atoms with Crippen LogP contribution in [-0.4, -0.2) is 22.5 Å². The first-order chi connectivity index (χ1) is 12.1. The van der Waals surface area contributed by atoms with E-state index in [1.807, 2.05) is 42.6 Å². The van der Waals surface area contributed by atoms with Gasteiger partial charge < -0.3 is 13.9 Å². The van der Waals surface area contributed by atoms with E-state index in [0.717, 1.165) is 41.0 Å². The highest BCUT2D eigenvalue weighted by molar-refractivity contribution is 5.93. The number of methoxy groups -OCH3 is 1. The molecule has 25 heavy (non-hydrogen) atoms. The molecule has 1 atom stereocenters. The van der Waals surface area contributed by atoms with Gasteiger partial charge in [0.05, 0.1) is 18.4 Å². The Hall–Kier alpha value is -2.82. The first-order valence-electron chi connectivity index (χ1n) is 8.41. The number of carbonyl (C=O) groups is 1. The van der Waals surface area contributed by atoms with Crippen molar-refractivity contribution >= 4 is 11.6 Å². The van der Waals surface area contributed by atoms with Crippen molar-refractivity contribution in [3.63, 3.8) is 0 Å². The fourth-order valence-electron chi connectivity index (χ4n) is 3.45. The van der Waals surface area contributed by atoms with E-state index in [1.165, 1.54) is 7.11 Å². The lowest BCUT2D eigenvalue weighted by Gasteiger charge is -2.28. The second-order valence-corrected chi connectivity index (χ2v) is 6.37. The molecule has 0 radical (unpaired) electrons. The molecular formula is C20H20N2O3. The molecule has 0 spiro atoms.